The molecule has 0 amide bonds. The number of hydrogen-bond acceptors (Lipinski definition) is 3. The van der Waals surface area contributed by atoms with Crippen LogP contribution in [0.25, 0.3) is 0 Å². The van der Waals surface area contributed by atoms with E-state index in [4.69, 9.17) is 9.47 Å². The molecule has 3 heteroatoms. The zero-order chi connectivity index (χ0) is 11.7. The largest absolute Gasteiger partial charge is 0.382 e. The second-order valence-corrected chi connectivity index (χ2v) is 4.69. The molecule has 0 bridgehead atoms. The fraction of sp³-hybridized carbons (Fsp3) is 1.00. The third-order valence-corrected chi connectivity index (χ3v) is 2.16. The van der Waals surface area contributed by atoms with Gasteiger partial charge in [-0.15, -0.1) is 0 Å². The molecule has 1 N–H and O–H groups in total. The Morgan fingerprint density at radius 3 is 2.27 bits per heavy atom. The van der Waals surface area contributed by atoms with Gasteiger partial charge in [-0.1, -0.05) is 27.7 Å². The summed E-state index contributed by atoms with van der Waals surface area (Å²) in [7, 11) is 1.72. The molecule has 0 heterocycles. The van der Waals surface area contributed by atoms with E-state index in [2.05, 4.69) is 33.0 Å². The Morgan fingerprint density at radius 1 is 1.13 bits per heavy atom. The van der Waals surface area contributed by atoms with Crippen LogP contribution < -0.4 is 5.32 Å². The van der Waals surface area contributed by atoms with E-state index < -0.39 is 0 Å². The van der Waals surface area contributed by atoms with Crippen molar-refractivity contribution in [2.24, 2.45) is 5.92 Å². The van der Waals surface area contributed by atoms with Crippen molar-refractivity contribution in [1.29, 1.82) is 0 Å². The Bertz CT molecular complexity index is 138. The lowest BCUT2D eigenvalue weighted by atomic mass is 10.1. The van der Waals surface area contributed by atoms with Crippen LogP contribution in [0.5, 0.6) is 0 Å². The minimum absolute atomic E-state index is 0.177. The van der Waals surface area contributed by atoms with Gasteiger partial charge in [-0.05, 0) is 12.3 Å². The molecular weight excluding hydrogens is 190 g/mol. The highest BCUT2D eigenvalue weighted by atomic mass is 16.5. The number of methoxy groups -OCH3 is 1. The zero-order valence-corrected chi connectivity index (χ0v) is 10.9. The second kappa shape index (κ2) is 9.13. The highest BCUT2D eigenvalue weighted by Gasteiger charge is 2.09. The van der Waals surface area contributed by atoms with Crippen LogP contribution in [0.4, 0.5) is 0 Å². The average molecular weight is 217 g/mol. The van der Waals surface area contributed by atoms with Gasteiger partial charge in [0.25, 0.3) is 0 Å². The first-order valence-corrected chi connectivity index (χ1v) is 5.90. The molecule has 0 aliphatic carbocycles. The van der Waals surface area contributed by atoms with Crippen molar-refractivity contribution < 1.29 is 9.47 Å². The molecule has 0 saturated carbocycles. The van der Waals surface area contributed by atoms with Gasteiger partial charge in [-0.2, -0.15) is 0 Å². The maximum absolute atomic E-state index is 5.76. The van der Waals surface area contributed by atoms with E-state index in [-0.39, 0.29) is 6.10 Å². The van der Waals surface area contributed by atoms with Crippen LogP contribution in [-0.4, -0.2) is 39.0 Å². The third-order valence-electron chi connectivity index (χ3n) is 2.16. The first-order chi connectivity index (χ1) is 7.06. The fourth-order valence-corrected chi connectivity index (χ4v) is 1.19. The van der Waals surface area contributed by atoms with Crippen LogP contribution >= 0.6 is 0 Å². The van der Waals surface area contributed by atoms with E-state index in [0.29, 0.717) is 18.6 Å². The molecule has 0 saturated heterocycles. The molecule has 0 aromatic carbocycles. The van der Waals surface area contributed by atoms with Crippen LogP contribution in [-0.2, 0) is 9.47 Å². The highest BCUT2D eigenvalue weighted by Crippen LogP contribution is 2.01. The van der Waals surface area contributed by atoms with E-state index in [9.17, 15) is 0 Å². The molecule has 0 aromatic rings. The normalized spacial score (nSPS) is 13.8. The monoisotopic (exact) mass is 217 g/mol. The van der Waals surface area contributed by atoms with Crippen LogP contribution in [0.2, 0.25) is 0 Å². The summed E-state index contributed by atoms with van der Waals surface area (Å²) in [4.78, 5) is 0. The van der Waals surface area contributed by atoms with Gasteiger partial charge in [-0.25, -0.2) is 0 Å². The lowest BCUT2D eigenvalue weighted by molar-refractivity contribution is -0.00560. The highest BCUT2D eigenvalue weighted by molar-refractivity contribution is 4.63. The van der Waals surface area contributed by atoms with Crippen molar-refractivity contribution in [3.05, 3.63) is 0 Å². The third kappa shape index (κ3) is 10.2. The van der Waals surface area contributed by atoms with E-state index in [1.54, 1.807) is 7.11 Å². The maximum Gasteiger partial charge on any atom is 0.0932 e. The second-order valence-electron chi connectivity index (χ2n) is 4.69. The summed E-state index contributed by atoms with van der Waals surface area (Å²) in [5, 5.41) is 3.36. The molecule has 0 aliphatic rings. The summed E-state index contributed by atoms with van der Waals surface area (Å²) in [5.74, 6) is 0.700. The number of rotatable bonds is 9. The van der Waals surface area contributed by atoms with Gasteiger partial charge < -0.3 is 14.8 Å². The summed E-state index contributed by atoms with van der Waals surface area (Å²) >= 11 is 0. The quantitative estimate of drug-likeness (QED) is 0.641. The first kappa shape index (κ1) is 14.9. The Kier molecular flexibility index (Phi) is 9.06. The molecule has 92 valence electrons. The minimum Gasteiger partial charge on any atom is -0.382 e. The van der Waals surface area contributed by atoms with Crippen LogP contribution in [0.3, 0.4) is 0 Å². The Morgan fingerprint density at radius 2 is 1.80 bits per heavy atom. The number of nitrogens with one attached hydrogen (secondary N) is 1. The first-order valence-electron chi connectivity index (χ1n) is 5.90. The lowest BCUT2D eigenvalue weighted by Gasteiger charge is -2.19. The Labute approximate surface area is 94.5 Å². The predicted molar refractivity (Wildman–Crippen MR) is 64.2 cm³/mol. The van der Waals surface area contributed by atoms with Gasteiger partial charge in [-0.3, -0.25) is 0 Å². The molecule has 0 rings (SSSR count). The number of hydrogen-bond donors (Lipinski definition) is 1. The van der Waals surface area contributed by atoms with Crippen LogP contribution in [0.1, 0.15) is 34.1 Å². The standard InChI is InChI=1S/C12H27NO2/c1-10(2)6-7-15-12(9-14-5)8-13-11(3)4/h10-13H,6-9H2,1-5H3. The summed E-state index contributed by atoms with van der Waals surface area (Å²) in [6.45, 7) is 11.0. The SMILES string of the molecule is COCC(CNC(C)C)OCCC(C)C. The van der Waals surface area contributed by atoms with Gasteiger partial charge in [0.2, 0.25) is 0 Å². The van der Waals surface area contributed by atoms with Crippen molar-refractivity contribution >= 4 is 0 Å². The van der Waals surface area contributed by atoms with Crippen molar-refractivity contribution in [1.82, 2.24) is 5.32 Å². The maximum atomic E-state index is 5.76. The fourth-order valence-electron chi connectivity index (χ4n) is 1.19. The number of ether oxygens (including phenoxy) is 2. The van der Waals surface area contributed by atoms with Gasteiger partial charge in [0, 0.05) is 26.3 Å². The van der Waals surface area contributed by atoms with E-state index in [1.807, 2.05) is 0 Å². The van der Waals surface area contributed by atoms with Gasteiger partial charge in [0.1, 0.15) is 0 Å². The molecule has 1 atom stereocenters. The van der Waals surface area contributed by atoms with Gasteiger partial charge in [0.05, 0.1) is 12.7 Å². The molecule has 0 aliphatic heterocycles. The van der Waals surface area contributed by atoms with E-state index in [0.717, 1.165) is 19.6 Å². The van der Waals surface area contributed by atoms with E-state index >= 15 is 0 Å². The van der Waals surface area contributed by atoms with Gasteiger partial charge >= 0.3 is 0 Å². The summed E-state index contributed by atoms with van der Waals surface area (Å²) in [6.07, 6.45) is 1.29. The predicted octanol–water partition coefficient (Wildman–Crippen LogP) is 2.06. The molecule has 3 nitrogen and oxygen atoms in total. The average Bonchev–Trinajstić information content (AvgIpc) is 2.13. The van der Waals surface area contributed by atoms with Crippen molar-refractivity contribution in [3.63, 3.8) is 0 Å². The summed E-state index contributed by atoms with van der Waals surface area (Å²) in [5.41, 5.74) is 0. The summed E-state index contributed by atoms with van der Waals surface area (Å²) < 4.78 is 10.9. The molecule has 1 unspecified atom stereocenters. The van der Waals surface area contributed by atoms with Crippen molar-refractivity contribution in [3.8, 4) is 0 Å². The van der Waals surface area contributed by atoms with Crippen molar-refractivity contribution in [2.75, 3.05) is 26.9 Å². The zero-order valence-electron chi connectivity index (χ0n) is 10.9. The molecule has 0 spiro atoms. The van der Waals surface area contributed by atoms with Crippen LogP contribution in [0, 0.1) is 5.92 Å². The molecule has 0 aromatic heterocycles. The Hall–Kier alpha value is -0.120. The lowest BCUT2D eigenvalue weighted by Crippen LogP contribution is -2.36. The molecule has 0 fully saturated rings. The van der Waals surface area contributed by atoms with Crippen molar-refractivity contribution in [2.45, 2.75) is 46.3 Å². The Balaban J connectivity index is 3.62. The minimum atomic E-state index is 0.177. The van der Waals surface area contributed by atoms with Crippen LogP contribution in [0.15, 0.2) is 0 Å². The topological polar surface area (TPSA) is 30.5 Å². The molecular formula is C12H27NO2. The smallest absolute Gasteiger partial charge is 0.0932 e. The molecule has 15 heavy (non-hydrogen) atoms. The molecule has 0 radical (unpaired) electrons. The van der Waals surface area contributed by atoms with E-state index in [1.165, 1.54) is 0 Å². The van der Waals surface area contributed by atoms with Gasteiger partial charge in [0.15, 0.2) is 0 Å². The summed E-state index contributed by atoms with van der Waals surface area (Å²) in [6, 6.07) is 0.498.